The maximum Gasteiger partial charge on any atom is 0.221 e. The smallest absolute Gasteiger partial charge is 0.221 e. The van der Waals surface area contributed by atoms with Crippen LogP contribution in [0.5, 0.6) is 0 Å². The summed E-state index contributed by atoms with van der Waals surface area (Å²) in [6.07, 6.45) is 2.55. The molecule has 7 heteroatoms. The second-order valence-corrected chi connectivity index (χ2v) is 6.09. The molecule has 17 heavy (non-hydrogen) atoms. The van der Waals surface area contributed by atoms with Crippen molar-refractivity contribution in [1.29, 1.82) is 0 Å². The normalized spacial score (nSPS) is 20.4. The highest BCUT2D eigenvalue weighted by molar-refractivity contribution is 7.89. The quantitative estimate of drug-likeness (QED) is 0.560. The Morgan fingerprint density at radius 3 is 2.82 bits per heavy atom. The largest absolute Gasteiger partial charge is 0.355 e. The summed E-state index contributed by atoms with van der Waals surface area (Å²) in [5, 5.41) is 5.85. The molecule has 1 rings (SSSR count). The van der Waals surface area contributed by atoms with Crippen molar-refractivity contribution in [2.75, 3.05) is 25.4 Å². The highest BCUT2D eigenvalue weighted by Crippen LogP contribution is 2.07. The number of hydrogen-bond acceptors (Lipinski definition) is 4. The second kappa shape index (κ2) is 6.93. The van der Waals surface area contributed by atoms with E-state index in [0.717, 1.165) is 19.4 Å². The van der Waals surface area contributed by atoms with Crippen molar-refractivity contribution in [2.45, 2.75) is 32.2 Å². The van der Waals surface area contributed by atoms with Gasteiger partial charge in [-0.3, -0.25) is 4.79 Å². The Morgan fingerprint density at radius 2 is 2.24 bits per heavy atom. The fraction of sp³-hybridized carbons (Fsp3) is 0.900. The monoisotopic (exact) mass is 263 g/mol. The molecular formula is C10H21N3O3S. The molecule has 0 aromatic carbocycles. The molecule has 1 saturated heterocycles. The molecular weight excluding hydrogens is 242 g/mol. The summed E-state index contributed by atoms with van der Waals surface area (Å²) >= 11 is 0. The van der Waals surface area contributed by atoms with Crippen molar-refractivity contribution in [3.63, 3.8) is 0 Å². The highest BCUT2D eigenvalue weighted by atomic mass is 32.2. The van der Waals surface area contributed by atoms with Gasteiger partial charge in [0.05, 0.1) is 5.75 Å². The third-order valence-corrected chi connectivity index (χ3v) is 4.12. The zero-order valence-electron chi connectivity index (χ0n) is 10.2. The number of carbonyl (C=O) groups excluding carboxylic acids is 1. The van der Waals surface area contributed by atoms with Gasteiger partial charge in [0, 0.05) is 25.6 Å². The first-order valence-electron chi connectivity index (χ1n) is 6.01. The molecule has 1 amide bonds. The molecule has 6 nitrogen and oxygen atoms in total. The van der Waals surface area contributed by atoms with Crippen molar-refractivity contribution in [3.8, 4) is 0 Å². The molecule has 0 radical (unpaired) electrons. The molecule has 100 valence electrons. The van der Waals surface area contributed by atoms with E-state index >= 15 is 0 Å². The molecule has 1 heterocycles. The molecule has 1 atom stereocenters. The Kier molecular flexibility index (Phi) is 5.87. The number of nitrogens with one attached hydrogen (secondary N) is 3. The predicted octanol–water partition coefficient (Wildman–Crippen LogP) is -0.816. The maximum atomic E-state index is 11.5. The summed E-state index contributed by atoms with van der Waals surface area (Å²) in [5.74, 6) is -0.152. The number of carbonyl (C=O) groups is 1. The van der Waals surface area contributed by atoms with Crippen LogP contribution in [0.4, 0.5) is 0 Å². The average Bonchev–Trinajstić information content (AvgIpc) is 2.69. The fourth-order valence-electron chi connectivity index (χ4n) is 1.84. The molecule has 1 fully saturated rings. The summed E-state index contributed by atoms with van der Waals surface area (Å²) in [6, 6.07) is 0.250. The first-order valence-corrected chi connectivity index (χ1v) is 7.66. The summed E-state index contributed by atoms with van der Waals surface area (Å²) in [5.41, 5.74) is 0. The van der Waals surface area contributed by atoms with Gasteiger partial charge >= 0.3 is 0 Å². The molecule has 1 unspecified atom stereocenters. The van der Waals surface area contributed by atoms with Crippen LogP contribution in [0.1, 0.15) is 26.2 Å². The van der Waals surface area contributed by atoms with E-state index in [1.807, 2.05) is 0 Å². The van der Waals surface area contributed by atoms with Crippen LogP contribution in [0.3, 0.4) is 0 Å². The van der Waals surface area contributed by atoms with E-state index in [0.29, 0.717) is 13.0 Å². The summed E-state index contributed by atoms with van der Waals surface area (Å²) in [6.45, 7) is 3.23. The minimum atomic E-state index is -3.23. The Labute approximate surface area is 103 Å². The first-order chi connectivity index (χ1) is 8.03. The minimum Gasteiger partial charge on any atom is -0.355 e. The van der Waals surface area contributed by atoms with Gasteiger partial charge < -0.3 is 10.6 Å². The molecule has 0 saturated carbocycles. The first kappa shape index (κ1) is 14.4. The molecule has 3 N–H and O–H groups in total. The fourth-order valence-corrected chi connectivity index (χ4v) is 2.80. The van der Waals surface area contributed by atoms with E-state index < -0.39 is 10.0 Å². The lowest BCUT2D eigenvalue weighted by Crippen LogP contribution is -2.36. The molecule has 0 bridgehead atoms. The molecule has 0 aromatic rings. The van der Waals surface area contributed by atoms with Gasteiger partial charge in [-0.25, -0.2) is 13.1 Å². The van der Waals surface area contributed by atoms with Crippen LogP contribution in [-0.2, 0) is 14.8 Å². The lowest BCUT2D eigenvalue weighted by molar-refractivity contribution is -0.121. The van der Waals surface area contributed by atoms with Crippen LogP contribution < -0.4 is 15.4 Å². The van der Waals surface area contributed by atoms with E-state index in [2.05, 4.69) is 15.4 Å². The van der Waals surface area contributed by atoms with Crippen molar-refractivity contribution in [3.05, 3.63) is 0 Å². The van der Waals surface area contributed by atoms with Crippen molar-refractivity contribution >= 4 is 15.9 Å². The van der Waals surface area contributed by atoms with Crippen LogP contribution in [-0.4, -0.2) is 45.8 Å². The Balaban J connectivity index is 2.15. The van der Waals surface area contributed by atoms with E-state index in [4.69, 9.17) is 0 Å². The van der Waals surface area contributed by atoms with Crippen molar-refractivity contribution in [1.82, 2.24) is 15.4 Å². The van der Waals surface area contributed by atoms with Gasteiger partial charge in [0.15, 0.2) is 0 Å². The van der Waals surface area contributed by atoms with E-state index in [9.17, 15) is 13.2 Å². The number of sulfonamides is 1. The molecule has 1 aliphatic heterocycles. The van der Waals surface area contributed by atoms with Crippen LogP contribution in [0.15, 0.2) is 0 Å². The lowest BCUT2D eigenvalue weighted by atomic mass is 10.1. The van der Waals surface area contributed by atoms with Gasteiger partial charge in [0.1, 0.15) is 0 Å². The Bertz CT molecular complexity index is 337. The van der Waals surface area contributed by atoms with E-state index in [-0.39, 0.29) is 24.2 Å². The topological polar surface area (TPSA) is 87.3 Å². The average molecular weight is 263 g/mol. The lowest BCUT2D eigenvalue weighted by Gasteiger charge is -2.10. The van der Waals surface area contributed by atoms with Gasteiger partial charge in [-0.05, 0) is 19.4 Å². The van der Waals surface area contributed by atoms with Gasteiger partial charge in [-0.2, -0.15) is 0 Å². The molecule has 0 aromatic heterocycles. The van der Waals surface area contributed by atoms with E-state index in [1.54, 1.807) is 6.92 Å². The predicted molar refractivity (Wildman–Crippen MR) is 66.1 cm³/mol. The number of hydrogen-bond donors (Lipinski definition) is 3. The van der Waals surface area contributed by atoms with Crippen LogP contribution in [0, 0.1) is 0 Å². The SMILES string of the molecule is CCNS(=O)(=O)CCNC(=O)CC1CCCN1. The minimum absolute atomic E-state index is 0.0648. The zero-order chi connectivity index (χ0) is 12.7. The van der Waals surface area contributed by atoms with Crippen LogP contribution >= 0.6 is 0 Å². The standard InChI is InChI=1S/C10H21N3O3S/c1-2-13-17(15,16)7-6-12-10(14)8-9-4-3-5-11-9/h9,11,13H,2-8H2,1H3,(H,12,14). The summed E-state index contributed by atoms with van der Waals surface area (Å²) < 4.78 is 24.9. The highest BCUT2D eigenvalue weighted by Gasteiger charge is 2.17. The van der Waals surface area contributed by atoms with Crippen LogP contribution in [0.2, 0.25) is 0 Å². The Hall–Kier alpha value is -0.660. The van der Waals surface area contributed by atoms with Crippen molar-refractivity contribution in [2.24, 2.45) is 0 Å². The van der Waals surface area contributed by atoms with Gasteiger partial charge in [0.2, 0.25) is 15.9 Å². The second-order valence-electron chi connectivity index (χ2n) is 4.16. The van der Waals surface area contributed by atoms with Gasteiger partial charge in [0.25, 0.3) is 0 Å². The van der Waals surface area contributed by atoms with Crippen LogP contribution in [0.25, 0.3) is 0 Å². The summed E-state index contributed by atoms with van der Waals surface area (Å²) in [4.78, 5) is 11.5. The van der Waals surface area contributed by atoms with E-state index in [1.165, 1.54) is 0 Å². The summed E-state index contributed by atoms with van der Waals surface area (Å²) in [7, 11) is -3.23. The molecule has 0 aliphatic carbocycles. The van der Waals surface area contributed by atoms with Gasteiger partial charge in [-0.15, -0.1) is 0 Å². The maximum absolute atomic E-state index is 11.5. The molecule has 0 spiro atoms. The number of rotatable bonds is 7. The van der Waals surface area contributed by atoms with Gasteiger partial charge in [-0.1, -0.05) is 6.92 Å². The third kappa shape index (κ3) is 5.99. The van der Waals surface area contributed by atoms with Crippen molar-refractivity contribution < 1.29 is 13.2 Å². The molecule has 1 aliphatic rings. The zero-order valence-corrected chi connectivity index (χ0v) is 11.0. The third-order valence-electron chi connectivity index (χ3n) is 2.65. The number of amides is 1. The Morgan fingerprint density at radius 1 is 1.47 bits per heavy atom.